The number of amides is 1. The molecule has 0 spiro atoms. The molecule has 29 heavy (non-hydrogen) atoms. The average Bonchev–Trinajstić information content (AvgIpc) is 2.64. The van der Waals surface area contributed by atoms with Crippen molar-refractivity contribution >= 4 is 16.2 Å². The summed E-state index contributed by atoms with van der Waals surface area (Å²) >= 11 is 0. The van der Waals surface area contributed by atoms with Crippen molar-refractivity contribution in [1.29, 1.82) is 0 Å². The van der Waals surface area contributed by atoms with Gasteiger partial charge in [0.2, 0.25) is 0 Å². The SMILES string of the molecule is Cc1ccc(S(=O)(=O)O)cc1.N[C@@H]1CN(C(=O)O)CC[C@H]1c1ccc(F)c(F)c1. The molecule has 0 aliphatic carbocycles. The smallest absolute Gasteiger partial charge is 0.407 e. The van der Waals surface area contributed by atoms with Crippen molar-refractivity contribution in [3.05, 3.63) is 65.2 Å². The first-order valence-electron chi connectivity index (χ1n) is 8.71. The first-order chi connectivity index (χ1) is 13.5. The fraction of sp³-hybridized carbons (Fsp3) is 0.316. The number of nitrogens with two attached hydrogens (primary N) is 1. The molecule has 7 nitrogen and oxygen atoms in total. The maximum atomic E-state index is 13.1. The number of aryl methyl sites for hydroxylation is 1. The van der Waals surface area contributed by atoms with E-state index in [1.807, 2.05) is 6.92 Å². The summed E-state index contributed by atoms with van der Waals surface area (Å²) in [7, 11) is -4.02. The maximum Gasteiger partial charge on any atom is 0.407 e. The van der Waals surface area contributed by atoms with E-state index in [4.69, 9.17) is 15.4 Å². The first kappa shape index (κ1) is 22.7. The lowest BCUT2D eigenvalue weighted by Crippen LogP contribution is -2.49. The van der Waals surface area contributed by atoms with E-state index in [1.165, 1.54) is 23.1 Å². The number of benzene rings is 2. The summed E-state index contributed by atoms with van der Waals surface area (Å²) in [5.74, 6) is -1.94. The van der Waals surface area contributed by atoms with Crippen LogP contribution in [-0.4, -0.2) is 48.2 Å². The fourth-order valence-electron chi connectivity index (χ4n) is 3.02. The number of carbonyl (C=O) groups is 1. The minimum atomic E-state index is -4.02. The number of piperidine rings is 1. The molecule has 1 aliphatic rings. The van der Waals surface area contributed by atoms with Gasteiger partial charge in [-0.15, -0.1) is 0 Å². The Bertz CT molecular complexity index is 967. The molecule has 1 fully saturated rings. The van der Waals surface area contributed by atoms with Crippen LogP contribution in [0.5, 0.6) is 0 Å². The molecule has 2 atom stereocenters. The molecule has 0 unspecified atom stereocenters. The molecule has 3 rings (SSSR count). The molecule has 0 radical (unpaired) electrons. The van der Waals surface area contributed by atoms with Gasteiger partial charge in [-0.25, -0.2) is 13.6 Å². The van der Waals surface area contributed by atoms with Gasteiger partial charge in [-0.3, -0.25) is 4.55 Å². The highest BCUT2D eigenvalue weighted by Gasteiger charge is 2.30. The largest absolute Gasteiger partial charge is 0.465 e. The van der Waals surface area contributed by atoms with E-state index in [2.05, 4.69) is 0 Å². The third-order valence-electron chi connectivity index (χ3n) is 4.62. The third-order valence-corrected chi connectivity index (χ3v) is 5.49. The standard InChI is InChI=1S/C12H14F2N2O2.C7H8O3S/c13-9-2-1-7(5-10(9)14)8-3-4-16(12(17)18)6-11(8)15;1-6-2-4-7(5-3-6)11(8,9)10/h1-2,5,8,11H,3-4,6,15H2,(H,17,18);2-5H,1H3,(H,8,9,10)/t8-,11+;/m0./s1. The Balaban J connectivity index is 0.000000234. The van der Waals surface area contributed by atoms with E-state index in [0.29, 0.717) is 18.5 Å². The molecule has 2 aromatic rings. The highest BCUT2D eigenvalue weighted by atomic mass is 32.2. The van der Waals surface area contributed by atoms with Crippen molar-refractivity contribution < 1.29 is 31.7 Å². The van der Waals surface area contributed by atoms with E-state index in [-0.39, 0.29) is 17.4 Å². The van der Waals surface area contributed by atoms with Crippen LogP contribution in [0.25, 0.3) is 0 Å². The van der Waals surface area contributed by atoms with Crippen molar-refractivity contribution in [2.75, 3.05) is 13.1 Å². The Labute approximate surface area is 167 Å². The van der Waals surface area contributed by atoms with E-state index < -0.39 is 33.9 Å². The van der Waals surface area contributed by atoms with Crippen LogP contribution >= 0.6 is 0 Å². The minimum Gasteiger partial charge on any atom is -0.465 e. The molecular weight excluding hydrogens is 406 g/mol. The molecule has 1 saturated heterocycles. The molecule has 1 aliphatic heterocycles. The Kier molecular flexibility index (Phi) is 7.28. The summed E-state index contributed by atoms with van der Waals surface area (Å²) < 4.78 is 55.5. The number of rotatable bonds is 2. The van der Waals surface area contributed by atoms with Gasteiger partial charge in [0.25, 0.3) is 10.1 Å². The lowest BCUT2D eigenvalue weighted by Gasteiger charge is -2.35. The number of likely N-dealkylation sites (tertiary alicyclic amines) is 1. The van der Waals surface area contributed by atoms with Crippen LogP contribution in [0.3, 0.4) is 0 Å². The number of nitrogens with zero attached hydrogens (tertiary/aromatic N) is 1. The molecule has 4 N–H and O–H groups in total. The summed E-state index contributed by atoms with van der Waals surface area (Å²) in [6.45, 7) is 2.40. The van der Waals surface area contributed by atoms with Crippen LogP contribution in [0.15, 0.2) is 47.4 Å². The predicted molar refractivity (Wildman–Crippen MR) is 102 cm³/mol. The second kappa shape index (κ2) is 9.29. The predicted octanol–water partition coefficient (Wildman–Crippen LogP) is 3.00. The van der Waals surface area contributed by atoms with Crippen LogP contribution in [0.2, 0.25) is 0 Å². The zero-order chi connectivity index (χ0) is 21.8. The van der Waals surface area contributed by atoms with Crippen LogP contribution in [-0.2, 0) is 10.1 Å². The lowest BCUT2D eigenvalue weighted by molar-refractivity contribution is 0.126. The number of carboxylic acid groups (broad SMARTS) is 1. The number of hydrogen-bond donors (Lipinski definition) is 3. The van der Waals surface area contributed by atoms with Gasteiger partial charge in [-0.05, 0) is 43.2 Å². The molecule has 10 heteroatoms. The van der Waals surface area contributed by atoms with E-state index in [0.717, 1.165) is 17.7 Å². The molecular formula is C19H22F2N2O5S. The molecule has 0 saturated carbocycles. The monoisotopic (exact) mass is 428 g/mol. The zero-order valence-corrected chi connectivity index (χ0v) is 16.4. The third kappa shape index (κ3) is 6.21. The van der Waals surface area contributed by atoms with Gasteiger partial charge >= 0.3 is 6.09 Å². The fourth-order valence-corrected chi connectivity index (χ4v) is 3.50. The Morgan fingerprint density at radius 3 is 2.24 bits per heavy atom. The summed E-state index contributed by atoms with van der Waals surface area (Å²) in [6.07, 6.45) is -0.493. The van der Waals surface area contributed by atoms with Crippen LogP contribution < -0.4 is 5.73 Å². The highest BCUT2D eigenvalue weighted by Crippen LogP contribution is 2.28. The van der Waals surface area contributed by atoms with Crippen molar-refractivity contribution in [2.24, 2.45) is 5.73 Å². The van der Waals surface area contributed by atoms with Crippen molar-refractivity contribution in [3.8, 4) is 0 Å². The second-order valence-corrected chi connectivity index (χ2v) is 8.17. The summed E-state index contributed by atoms with van der Waals surface area (Å²) in [4.78, 5) is 12.0. The van der Waals surface area contributed by atoms with Gasteiger partial charge in [0.05, 0.1) is 4.90 Å². The number of hydrogen-bond acceptors (Lipinski definition) is 4. The van der Waals surface area contributed by atoms with Crippen molar-refractivity contribution in [1.82, 2.24) is 4.90 Å². The average molecular weight is 428 g/mol. The normalized spacial score (nSPS) is 19.3. The second-order valence-electron chi connectivity index (χ2n) is 6.75. The quantitative estimate of drug-likeness (QED) is 0.633. The molecule has 1 amide bonds. The van der Waals surface area contributed by atoms with Gasteiger partial charge in [-0.1, -0.05) is 23.8 Å². The molecule has 0 bridgehead atoms. The maximum absolute atomic E-state index is 13.1. The number of halogens is 2. The Morgan fingerprint density at radius 1 is 1.14 bits per heavy atom. The van der Waals surface area contributed by atoms with Crippen molar-refractivity contribution in [2.45, 2.75) is 30.2 Å². The molecule has 0 aromatic heterocycles. The molecule has 158 valence electrons. The highest BCUT2D eigenvalue weighted by molar-refractivity contribution is 7.85. The Hall–Kier alpha value is -2.56. The van der Waals surface area contributed by atoms with Crippen LogP contribution in [0.4, 0.5) is 13.6 Å². The lowest BCUT2D eigenvalue weighted by atomic mass is 9.86. The van der Waals surface area contributed by atoms with Gasteiger partial charge in [-0.2, -0.15) is 8.42 Å². The van der Waals surface area contributed by atoms with Gasteiger partial charge in [0.15, 0.2) is 11.6 Å². The van der Waals surface area contributed by atoms with Crippen LogP contribution in [0.1, 0.15) is 23.5 Å². The zero-order valence-electron chi connectivity index (χ0n) is 15.6. The summed E-state index contributed by atoms with van der Waals surface area (Å²) in [6, 6.07) is 9.29. The van der Waals surface area contributed by atoms with Crippen molar-refractivity contribution in [3.63, 3.8) is 0 Å². The van der Waals surface area contributed by atoms with E-state index in [9.17, 15) is 22.0 Å². The van der Waals surface area contributed by atoms with Crippen LogP contribution in [0, 0.1) is 18.6 Å². The van der Waals surface area contributed by atoms with Gasteiger partial charge in [0, 0.05) is 25.0 Å². The van der Waals surface area contributed by atoms with E-state index in [1.54, 1.807) is 12.1 Å². The minimum absolute atomic E-state index is 0.0666. The summed E-state index contributed by atoms with van der Waals surface area (Å²) in [5, 5.41) is 8.85. The van der Waals surface area contributed by atoms with Gasteiger partial charge in [0.1, 0.15) is 0 Å². The van der Waals surface area contributed by atoms with Gasteiger partial charge < -0.3 is 15.7 Å². The first-order valence-corrected chi connectivity index (χ1v) is 10.2. The molecule has 2 aromatic carbocycles. The molecule has 1 heterocycles. The summed E-state index contributed by atoms with van der Waals surface area (Å²) in [5.41, 5.74) is 7.48. The Morgan fingerprint density at radius 2 is 1.76 bits per heavy atom. The van der Waals surface area contributed by atoms with E-state index >= 15 is 0 Å². The topological polar surface area (TPSA) is 121 Å².